The van der Waals surface area contributed by atoms with E-state index >= 15 is 0 Å². The lowest BCUT2D eigenvalue weighted by atomic mass is 10.0. The Bertz CT molecular complexity index is 1230. The lowest BCUT2D eigenvalue weighted by Gasteiger charge is -2.18. The molecule has 6 nitrogen and oxygen atoms in total. The van der Waals surface area contributed by atoms with Crippen LogP contribution in [0, 0.1) is 0 Å². The van der Waals surface area contributed by atoms with Crippen LogP contribution in [0.25, 0.3) is 0 Å². The minimum Gasteiger partial charge on any atom is -0.462 e. The van der Waals surface area contributed by atoms with Gasteiger partial charge in [0.15, 0.2) is 6.10 Å². The minimum absolute atomic E-state index is 0.0768. The molecule has 0 aliphatic heterocycles. The standard InChI is InChI=1S/C65H118O6/c1-4-7-10-13-16-19-22-24-26-28-29-30-31-32-33-34-35-36-38-39-41-43-46-49-52-55-58-64(67)70-61-62(60-69-63(66)57-54-51-48-45-21-18-15-12-9-6-3)71-65(68)59-56-53-50-47-44-42-40-37-27-25-23-20-17-14-11-8-5-2/h8,11-12,15,17,20,25,27,62H,4-7,9-10,13-14,16,18-19,21-24,26,28-61H2,1-3H3/b11-8-,15-12-,20-17-,27-25-. The van der Waals surface area contributed by atoms with Gasteiger partial charge in [-0.1, -0.05) is 288 Å². The molecule has 71 heavy (non-hydrogen) atoms. The van der Waals surface area contributed by atoms with E-state index < -0.39 is 6.10 Å². The van der Waals surface area contributed by atoms with Crippen LogP contribution in [0.1, 0.15) is 329 Å². The fourth-order valence-corrected chi connectivity index (χ4v) is 9.17. The zero-order valence-electron chi connectivity index (χ0n) is 47.5. The predicted molar refractivity (Wildman–Crippen MR) is 307 cm³/mol. The average molecular weight is 996 g/mol. The van der Waals surface area contributed by atoms with Crippen LogP contribution in [0.15, 0.2) is 48.6 Å². The molecule has 1 unspecified atom stereocenters. The fraction of sp³-hybridized carbons (Fsp3) is 0.831. The highest BCUT2D eigenvalue weighted by molar-refractivity contribution is 5.71. The average Bonchev–Trinajstić information content (AvgIpc) is 3.37. The molecule has 0 fully saturated rings. The van der Waals surface area contributed by atoms with Gasteiger partial charge in [-0.3, -0.25) is 14.4 Å². The second-order valence-corrected chi connectivity index (χ2v) is 20.9. The predicted octanol–water partition coefficient (Wildman–Crippen LogP) is 21.0. The van der Waals surface area contributed by atoms with Gasteiger partial charge in [-0.05, 0) is 70.6 Å². The number of hydrogen-bond acceptors (Lipinski definition) is 6. The first kappa shape index (κ1) is 68.4. The van der Waals surface area contributed by atoms with E-state index in [0.29, 0.717) is 19.3 Å². The molecule has 6 heteroatoms. The second kappa shape index (κ2) is 59.9. The number of carbonyl (C=O) groups is 3. The van der Waals surface area contributed by atoms with E-state index in [0.717, 1.165) is 96.3 Å². The van der Waals surface area contributed by atoms with Gasteiger partial charge in [0.05, 0.1) is 0 Å². The molecule has 0 aromatic heterocycles. The largest absolute Gasteiger partial charge is 0.462 e. The Labute approximate surface area is 441 Å². The smallest absolute Gasteiger partial charge is 0.306 e. The number of allylic oxidation sites excluding steroid dienone is 8. The van der Waals surface area contributed by atoms with Crippen molar-refractivity contribution in [2.24, 2.45) is 0 Å². The Kier molecular flexibility index (Phi) is 57.7. The SMILES string of the molecule is CC/C=C\C/C=C\C/C=C\CCCCCCCCCC(=O)OC(COC(=O)CCCCCCC/C=C\CCC)COC(=O)CCCCCCCCCCCCCCCCCCCCCCCCCCCC. The molecule has 0 bridgehead atoms. The Morgan fingerprint density at radius 3 is 0.930 bits per heavy atom. The maximum Gasteiger partial charge on any atom is 0.306 e. The van der Waals surface area contributed by atoms with Gasteiger partial charge >= 0.3 is 17.9 Å². The molecule has 0 saturated heterocycles. The normalized spacial score (nSPS) is 12.3. The van der Waals surface area contributed by atoms with E-state index in [1.807, 2.05) is 0 Å². The summed E-state index contributed by atoms with van der Waals surface area (Å²) in [5.74, 6) is -0.882. The van der Waals surface area contributed by atoms with Crippen LogP contribution in [-0.4, -0.2) is 37.2 Å². The van der Waals surface area contributed by atoms with Crippen molar-refractivity contribution in [1.29, 1.82) is 0 Å². The number of hydrogen-bond donors (Lipinski definition) is 0. The van der Waals surface area contributed by atoms with Crippen LogP contribution < -0.4 is 0 Å². The van der Waals surface area contributed by atoms with E-state index in [1.165, 1.54) is 193 Å². The van der Waals surface area contributed by atoms with Crippen molar-refractivity contribution < 1.29 is 28.6 Å². The van der Waals surface area contributed by atoms with Crippen molar-refractivity contribution in [3.05, 3.63) is 48.6 Å². The van der Waals surface area contributed by atoms with Crippen molar-refractivity contribution in [3.8, 4) is 0 Å². The molecule has 414 valence electrons. The van der Waals surface area contributed by atoms with Gasteiger partial charge in [-0.15, -0.1) is 0 Å². The van der Waals surface area contributed by atoms with Gasteiger partial charge in [-0.25, -0.2) is 0 Å². The second-order valence-electron chi connectivity index (χ2n) is 20.9. The van der Waals surface area contributed by atoms with Gasteiger partial charge in [-0.2, -0.15) is 0 Å². The van der Waals surface area contributed by atoms with E-state index in [9.17, 15) is 14.4 Å². The third-order valence-corrected chi connectivity index (χ3v) is 13.8. The summed E-state index contributed by atoms with van der Waals surface area (Å²) in [4.78, 5) is 38.1. The number of unbranched alkanes of at least 4 members (excludes halogenated alkanes) is 38. The van der Waals surface area contributed by atoms with Crippen LogP contribution >= 0.6 is 0 Å². The summed E-state index contributed by atoms with van der Waals surface area (Å²) in [6, 6.07) is 0. The number of rotatable bonds is 57. The summed E-state index contributed by atoms with van der Waals surface area (Å²) in [6.45, 7) is 6.50. The quantitative estimate of drug-likeness (QED) is 0.0261. The maximum atomic E-state index is 12.9. The monoisotopic (exact) mass is 995 g/mol. The molecule has 0 radical (unpaired) electrons. The molecule has 0 spiro atoms. The van der Waals surface area contributed by atoms with Crippen molar-refractivity contribution in [1.82, 2.24) is 0 Å². The molecular weight excluding hydrogens is 877 g/mol. The van der Waals surface area contributed by atoms with Gasteiger partial charge < -0.3 is 14.2 Å². The van der Waals surface area contributed by atoms with E-state index in [1.54, 1.807) is 0 Å². The number of carbonyl (C=O) groups excluding carboxylic acids is 3. The first-order chi connectivity index (χ1) is 35.0. The summed E-state index contributed by atoms with van der Waals surface area (Å²) in [7, 11) is 0. The van der Waals surface area contributed by atoms with E-state index in [4.69, 9.17) is 14.2 Å². The topological polar surface area (TPSA) is 78.9 Å². The van der Waals surface area contributed by atoms with Crippen LogP contribution in [0.4, 0.5) is 0 Å². The molecule has 0 heterocycles. The molecule has 0 saturated carbocycles. The Hall–Kier alpha value is -2.63. The Morgan fingerprint density at radius 1 is 0.296 bits per heavy atom. The van der Waals surface area contributed by atoms with Crippen molar-refractivity contribution >= 4 is 17.9 Å². The highest BCUT2D eigenvalue weighted by atomic mass is 16.6. The summed E-state index contributed by atoms with van der Waals surface area (Å²) in [5, 5.41) is 0. The summed E-state index contributed by atoms with van der Waals surface area (Å²) in [6.07, 6.45) is 74.2. The molecule has 0 aromatic rings. The van der Waals surface area contributed by atoms with Crippen LogP contribution in [0.2, 0.25) is 0 Å². The van der Waals surface area contributed by atoms with Crippen molar-refractivity contribution in [2.75, 3.05) is 13.2 Å². The zero-order valence-corrected chi connectivity index (χ0v) is 47.5. The van der Waals surface area contributed by atoms with E-state index in [2.05, 4.69) is 69.4 Å². The van der Waals surface area contributed by atoms with Gasteiger partial charge in [0.2, 0.25) is 0 Å². The minimum atomic E-state index is -0.780. The first-order valence-corrected chi connectivity index (χ1v) is 31.1. The number of ether oxygens (including phenoxy) is 3. The zero-order chi connectivity index (χ0) is 51.4. The molecule has 0 N–H and O–H groups in total. The molecule has 0 aliphatic rings. The lowest BCUT2D eigenvalue weighted by molar-refractivity contribution is -0.167. The molecule has 0 aromatic carbocycles. The van der Waals surface area contributed by atoms with Gasteiger partial charge in [0.25, 0.3) is 0 Å². The Balaban J connectivity index is 4.17. The van der Waals surface area contributed by atoms with Crippen molar-refractivity contribution in [3.63, 3.8) is 0 Å². The fourth-order valence-electron chi connectivity index (χ4n) is 9.17. The van der Waals surface area contributed by atoms with Crippen LogP contribution in [0.3, 0.4) is 0 Å². The lowest BCUT2D eigenvalue weighted by Crippen LogP contribution is -2.30. The summed E-state index contributed by atoms with van der Waals surface area (Å²) in [5.41, 5.74) is 0. The maximum absolute atomic E-state index is 12.9. The Morgan fingerprint density at radius 2 is 0.577 bits per heavy atom. The molecule has 0 aliphatic carbocycles. The van der Waals surface area contributed by atoms with Gasteiger partial charge in [0, 0.05) is 19.3 Å². The molecule has 0 rings (SSSR count). The third kappa shape index (κ3) is 58.1. The molecular formula is C65H118O6. The number of esters is 3. The first-order valence-electron chi connectivity index (χ1n) is 31.1. The highest BCUT2D eigenvalue weighted by Crippen LogP contribution is 2.18. The van der Waals surface area contributed by atoms with Gasteiger partial charge in [0.1, 0.15) is 13.2 Å². The third-order valence-electron chi connectivity index (χ3n) is 13.8. The van der Waals surface area contributed by atoms with Crippen LogP contribution in [-0.2, 0) is 28.6 Å². The molecule has 0 amide bonds. The molecule has 1 atom stereocenters. The van der Waals surface area contributed by atoms with Crippen molar-refractivity contribution in [2.45, 2.75) is 335 Å². The highest BCUT2D eigenvalue weighted by Gasteiger charge is 2.19. The summed E-state index contributed by atoms with van der Waals surface area (Å²) >= 11 is 0. The summed E-state index contributed by atoms with van der Waals surface area (Å²) < 4.78 is 16.9. The van der Waals surface area contributed by atoms with E-state index in [-0.39, 0.29) is 31.1 Å². The van der Waals surface area contributed by atoms with Crippen LogP contribution in [0.5, 0.6) is 0 Å².